The number of carbonyl (C=O) groups is 1. The van der Waals surface area contributed by atoms with Crippen LogP contribution in [0.4, 0.5) is 5.69 Å². The van der Waals surface area contributed by atoms with Crippen LogP contribution >= 0.6 is 11.8 Å². The Hall–Kier alpha value is -1.79. The molecule has 1 amide bonds. The van der Waals surface area contributed by atoms with Gasteiger partial charge in [0.05, 0.1) is 17.6 Å². The Morgan fingerprint density at radius 1 is 1.29 bits per heavy atom. The zero-order valence-corrected chi connectivity index (χ0v) is 15.2. The molecule has 0 radical (unpaired) electrons. The zero-order chi connectivity index (χ0) is 17.1. The van der Waals surface area contributed by atoms with Crippen LogP contribution in [0.5, 0.6) is 0 Å². The van der Waals surface area contributed by atoms with Gasteiger partial charge in [-0.05, 0) is 32.4 Å². The number of thioether (sulfide) groups is 1. The minimum Gasteiger partial charge on any atom is -0.383 e. The van der Waals surface area contributed by atoms with Crippen molar-refractivity contribution in [3.8, 4) is 0 Å². The van der Waals surface area contributed by atoms with E-state index in [1.807, 2.05) is 42.2 Å². The molecule has 0 unspecified atom stereocenters. The molecule has 0 aliphatic carbocycles. The minimum absolute atomic E-state index is 0.0762. The summed E-state index contributed by atoms with van der Waals surface area (Å²) in [7, 11) is 1.70. The monoisotopic (exact) mass is 345 g/mol. The van der Waals surface area contributed by atoms with Gasteiger partial charge in [-0.15, -0.1) is 0 Å². The number of aryl methyl sites for hydroxylation is 1. The predicted octanol–water partition coefficient (Wildman–Crippen LogP) is 3.04. The number of ether oxygens (including phenoxy) is 1. The fourth-order valence-electron chi connectivity index (χ4n) is 2.91. The van der Waals surface area contributed by atoms with Crippen LogP contribution in [0.15, 0.2) is 35.5 Å². The number of hydrogen-bond donors (Lipinski definition) is 0. The van der Waals surface area contributed by atoms with Crippen LogP contribution in [-0.4, -0.2) is 41.0 Å². The summed E-state index contributed by atoms with van der Waals surface area (Å²) in [6, 6.07) is 9.87. The van der Waals surface area contributed by atoms with Gasteiger partial charge in [0.1, 0.15) is 0 Å². The van der Waals surface area contributed by atoms with Gasteiger partial charge >= 0.3 is 0 Å². The number of anilines is 1. The van der Waals surface area contributed by atoms with E-state index >= 15 is 0 Å². The summed E-state index contributed by atoms with van der Waals surface area (Å²) in [4.78, 5) is 19.3. The second-order valence-corrected chi connectivity index (χ2v) is 7.10. The standard InChI is InChI=1S/C18H23N3O2S/c1-13-14(2)20(11-12-23-3)18(19-13)24-16-9-10-21(17(16)22)15-7-5-4-6-8-15/h4-8,16H,9-12H2,1-3H3/t16-/m0/s1. The Labute approximate surface area is 147 Å². The van der Waals surface area contributed by atoms with E-state index in [-0.39, 0.29) is 11.2 Å². The molecule has 128 valence electrons. The van der Waals surface area contributed by atoms with Crippen LogP contribution in [0.25, 0.3) is 0 Å². The highest BCUT2D eigenvalue weighted by Gasteiger charge is 2.34. The van der Waals surface area contributed by atoms with E-state index in [1.54, 1.807) is 18.9 Å². The number of carbonyl (C=O) groups excluding carboxylic acids is 1. The fraction of sp³-hybridized carbons (Fsp3) is 0.444. The Morgan fingerprint density at radius 3 is 2.75 bits per heavy atom. The van der Waals surface area contributed by atoms with Crippen molar-refractivity contribution in [1.82, 2.24) is 9.55 Å². The number of aromatic nitrogens is 2. The molecule has 2 aromatic rings. The van der Waals surface area contributed by atoms with Gasteiger partial charge in [0.25, 0.3) is 0 Å². The third-order valence-corrected chi connectivity index (χ3v) is 5.66. The molecular formula is C18H23N3O2S. The number of nitrogens with zero attached hydrogens (tertiary/aromatic N) is 3. The second-order valence-electron chi connectivity index (χ2n) is 5.93. The van der Waals surface area contributed by atoms with Gasteiger partial charge < -0.3 is 14.2 Å². The third kappa shape index (κ3) is 3.35. The van der Waals surface area contributed by atoms with E-state index in [0.29, 0.717) is 6.61 Å². The van der Waals surface area contributed by atoms with E-state index in [2.05, 4.69) is 16.5 Å². The normalized spacial score (nSPS) is 17.7. The first kappa shape index (κ1) is 17.0. The van der Waals surface area contributed by atoms with Gasteiger partial charge in [0.15, 0.2) is 5.16 Å². The van der Waals surface area contributed by atoms with Crippen molar-refractivity contribution in [1.29, 1.82) is 0 Å². The van der Waals surface area contributed by atoms with E-state index in [9.17, 15) is 4.79 Å². The lowest BCUT2D eigenvalue weighted by molar-refractivity contribution is -0.116. The van der Waals surface area contributed by atoms with Gasteiger partial charge in [-0.1, -0.05) is 30.0 Å². The quantitative estimate of drug-likeness (QED) is 0.807. The lowest BCUT2D eigenvalue weighted by Crippen LogP contribution is -2.28. The summed E-state index contributed by atoms with van der Waals surface area (Å²) in [6.07, 6.45) is 0.841. The van der Waals surface area contributed by atoms with Crippen LogP contribution in [0, 0.1) is 13.8 Å². The lowest BCUT2D eigenvalue weighted by atomic mass is 10.3. The highest BCUT2D eigenvalue weighted by atomic mass is 32.2. The summed E-state index contributed by atoms with van der Waals surface area (Å²) < 4.78 is 7.35. The van der Waals surface area contributed by atoms with Crippen LogP contribution in [0.1, 0.15) is 17.8 Å². The molecule has 1 aliphatic rings. The van der Waals surface area contributed by atoms with Crippen molar-refractivity contribution >= 4 is 23.4 Å². The van der Waals surface area contributed by atoms with Gasteiger partial charge in [-0.2, -0.15) is 0 Å². The lowest BCUT2D eigenvalue weighted by Gasteiger charge is -2.16. The summed E-state index contributed by atoms with van der Waals surface area (Å²) >= 11 is 1.57. The number of methoxy groups -OCH3 is 1. The first-order chi connectivity index (χ1) is 11.6. The number of benzene rings is 1. The molecule has 1 atom stereocenters. The molecule has 2 heterocycles. The maximum atomic E-state index is 12.8. The minimum atomic E-state index is -0.0762. The molecule has 3 rings (SSSR count). The van der Waals surface area contributed by atoms with Crippen LogP contribution in [0.3, 0.4) is 0 Å². The van der Waals surface area contributed by atoms with Crippen molar-refractivity contribution in [2.75, 3.05) is 25.2 Å². The molecule has 5 nitrogen and oxygen atoms in total. The molecule has 1 aromatic heterocycles. The van der Waals surface area contributed by atoms with Crippen molar-refractivity contribution in [3.63, 3.8) is 0 Å². The van der Waals surface area contributed by atoms with Crippen LogP contribution < -0.4 is 4.90 Å². The molecule has 0 bridgehead atoms. The highest BCUT2D eigenvalue weighted by molar-refractivity contribution is 8.00. The van der Waals surface area contributed by atoms with Crippen molar-refractivity contribution < 1.29 is 9.53 Å². The summed E-state index contributed by atoms with van der Waals surface area (Å²) in [6.45, 7) is 6.23. The summed E-state index contributed by atoms with van der Waals surface area (Å²) in [5, 5.41) is 0.836. The number of imidazole rings is 1. The van der Waals surface area contributed by atoms with Gasteiger partial charge in [0.2, 0.25) is 5.91 Å². The van der Waals surface area contributed by atoms with Crippen LogP contribution in [0.2, 0.25) is 0 Å². The number of para-hydroxylation sites is 1. The average Bonchev–Trinajstić information content (AvgIpc) is 3.08. The predicted molar refractivity (Wildman–Crippen MR) is 96.6 cm³/mol. The molecule has 1 saturated heterocycles. The molecule has 6 heteroatoms. The third-order valence-electron chi connectivity index (χ3n) is 4.41. The summed E-state index contributed by atoms with van der Waals surface area (Å²) in [5.41, 5.74) is 3.12. The highest BCUT2D eigenvalue weighted by Crippen LogP contribution is 2.33. The molecule has 24 heavy (non-hydrogen) atoms. The van der Waals surface area contributed by atoms with Crippen molar-refractivity contribution in [2.45, 2.75) is 37.2 Å². The summed E-state index contributed by atoms with van der Waals surface area (Å²) in [5.74, 6) is 0.169. The first-order valence-corrected chi connectivity index (χ1v) is 9.05. The van der Waals surface area contributed by atoms with Crippen LogP contribution in [-0.2, 0) is 16.1 Å². The molecule has 1 aliphatic heterocycles. The maximum Gasteiger partial charge on any atom is 0.240 e. The molecular weight excluding hydrogens is 322 g/mol. The molecule has 0 saturated carbocycles. The second kappa shape index (κ2) is 7.40. The molecule has 1 fully saturated rings. The molecule has 1 aromatic carbocycles. The van der Waals surface area contributed by atoms with E-state index in [4.69, 9.17) is 4.74 Å². The average molecular weight is 345 g/mol. The molecule has 0 N–H and O–H groups in total. The van der Waals surface area contributed by atoms with Crippen molar-refractivity contribution in [3.05, 3.63) is 41.7 Å². The Morgan fingerprint density at radius 2 is 2.04 bits per heavy atom. The Bertz CT molecular complexity index is 715. The Kier molecular flexibility index (Phi) is 5.26. The zero-order valence-electron chi connectivity index (χ0n) is 14.4. The van der Waals surface area contributed by atoms with Gasteiger partial charge in [-0.25, -0.2) is 4.98 Å². The number of rotatable bonds is 6. The van der Waals surface area contributed by atoms with E-state index < -0.39 is 0 Å². The smallest absolute Gasteiger partial charge is 0.240 e. The van der Waals surface area contributed by atoms with Crippen molar-refractivity contribution in [2.24, 2.45) is 0 Å². The van der Waals surface area contributed by atoms with E-state index in [0.717, 1.165) is 41.7 Å². The SMILES string of the molecule is COCCn1c(S[C@H]2CCN(c3ccccc3)C2=O)nc(C)c1C. The first-order valence-electron chi connectivity index (χ1n) is 8.17. The molecule has 0 spiro atoms. The largest absolute Gasteiger partial charge is 0.383 e. The topological polar surface area (TPSA) is 47.4 Å². The van der Waals surface area contributed by atoms with Gasteiger partial charge in [-0.3, -0.25) is 4.79 Å². The maximum absolute atomic E-state index is 12.8. The van der Waals surface area contributed by atoms with E-state index in [1.165, 1.54) is 0 Å². The Balaban J connectivity index is 1.75. The number of hydrogen-bond acceptors (Lipinski definition) is 4. The van der Waals surface area contributed by atoms with Gasteiger partial charge in [0, 0.05) is 31.6 Å². The fourth-order valence-corrected chi connectivity index (χ4v) is 4.16. The number of amides is 1.